The number of anilines is 2. The topological polar surface area (TPSA) is 77.7 Å². The first kappa shape index (κ1) is 12.3. The Labute approximate surface area is 115 Å². The monoisotopic (exact) mass is 271 g/mol. The lowest BCUT2D eigenvalue weighted by atomic mass is 10.1. The molecule has 1 amide bonds. The zero-order chi connectivity index (χ0) is 14.1. The van der Waals surface area contributed by atoms with E-state index in [1.807, 2.05) is 0 Å². The molecular formula is C14H13N3O3. The van der Waals surface area contributed by atoms with E-state index in [0.29, 0.717) is 28.4 Å². The summed E-state index contributed by atoms with van der Waals surface area (Å²) in [5.74, 6) is 1.04. The molecule has 20 heavy (non-hydrogen) atoms. The van der Waals surface area contributed by atoms with Crippen LogP contribution in [0.4, 0.5) is 11.4 Å². The minimum atomic E-state index is -0.179. The quantitative estimate of drug-likeness (QED) is 0.899. The van der Waals surface area contributed by atoms with Crippen molar-refractivity contribution in [3.05, 3.63) is 42.2 Å². The fourth-order valence-corrected chi connectivity index (χ4v) is 2.04. The van der Waals surface area contributed by atoms with E-state index in [4.69, 9.17) is 15.2 Å². The number of nitrogens with zero attached hydrogens (tertiary/aromatic N) is 2. The van der Waals surface area contributed by atoms with Crippen molar-refractivity contribution >= 4 is 17.3 Å². The highest BCUT2D eigenvalue weighted by atomic mass is 16.7. The van der Waals surface area contributed by atoms with Crippen LogP contribution in [0.5, 0.6) is 11.5 Å². The van der Waals surface area contributed by atoms with Gasteiger partial charge in [0.1, 0.15) is 0 Å². The van der Waals surface area contributed by atoms with E-state index in [1.54, 1.807) is 37.5 Å². The molecule has 0 aliphatic carbocycles. The molecule has 2 heterocycles. The number of fused-ring (bicyclic) bond motifs is 1. The molecule has 2 aromatic rings. The van der Waals surface area contributed by atoms with Crippen LogP contribution in [0.15, 0.2) is 36.7 Å². The largest absolute Gasteiger partial charge is 0.454 e. The highest BCUT2D eigenvalue weighted by Gasteiger charge is 2.20. The van der Waals surface area contributed by atoms with Crippen molar-refractivity contribution in [2.45, 2.75) is 0 Å². The van der Waals surface area contributed by atoms with Crippen LogP contribution in [-0.2, 0) is 0 Å². The summed E-state index contributed by atoms with van der Waals surface area (Å²) >= 11 is 0. The number of benzene rings is 1. The van der Waals surface area contributed by atoms with Crippen molar-refractivity contribution in [3.8, 4) is 11.5 Å². The zero-order valence-corrected chi connectivity index (χ0v) is 10.9. The predicted octanol–water partition coefficient (Wildman–Crippen LogP) is 1.67. The maximum Gasteiger partial charge on any atom is 0.258 e. The van der Waals surface area contributed by atoms with E-state index in [9.17, 15) is 4.79 Å². The SMILES string of the molecule is CN(C(=O)c1ccc2c(c1)OCO2)c1ccncc1N. The predicted molar refractivity (Wildman–Crippen MR) is 73.9 cm³/mol. The molecule has 1 aliphatic heterocycles. The number of hydrogen-bond donors (Lipinski definition) is 1. The molecule has 6 nitrogen and oxygen atoms in total. The molecule has 1 aromatic heterocycles. The van der Waals surface area contributed by atoms with Gasteiger partial charge in [0.05, 0.1) is 17.6 Å². The van der Waals surface area contributed by atoms with E-state index in [1.165, 1.54) is 11.1 Å². The number of hydrogen-bond acceptors (Lipinski definition) is 5. The van der Waals surface area contributed by atoms with Gasteiger partial charge in [-0.25, -0.2) is 0 Å². The van der Waals surface area contributed by atoms with Gasteiger partial charge in [-0.2, -0.15) is 0 Å². The molecule has 0 spiro atoms. The molecule has 1 aliphatic rings. The first-order valence-electron chi connectivity index (χ1n) is 6.04. The second kappa shape index (κ2) is 4.73. The molecule has 3 rings (SSSR count). The molecule has 1 aromatic carbocycles. The van der Waals surface area contributed by atoms with Gasteiger partial charge >= 0.3 is 0 Å². The van der Waals surface area contributed by atoms with Crippen molar-refractivity contribution in [3.63, 3.8) is 0 Å². The molecule has 6 heteroatoms. The van der Waals surface area contributed by atoms with Crippen molar-refractivity contribution in [1.29, 1.82) is 0 Å². The minimum Gasteiger partial charge on any atom is -0.454 e. The average Bonchev–Trinajstić information content (AvgIpc) is 2.93. The van der Waals surface area contributed by atoms with Gasteiger partial charge in [-0.05, 0) is 24.3 Å². The fraction of sp³-hybridized carbons (Fsp3) is 0.143. The Morgan fingerprint density at radius 3 is 2.90 bits per heavy atom. The number of pyridine rings is 1. The van der Waals surface area contributed by atoms with Crippen molar-refractivity contribution in [2.75, 3.05) is 24.5 Å². The molecule has 0 fully saturated rings. The van der Waals surface area contributed by atoms with Crippen molar-refractivity contribution < 1.29 is 14.3 Å². The van der Waals surface area contributed by atoms with Crippen LogP contribution in [0, 0.1) is 0 Å². The van der Waals surface area contributed by atoms with Gasteiger partial charge in [0.2, 0.25) is 6.79 Å². The second-order valence-electron chi connectivity index (χ2n) is 4.37. The van der Waals surface area contributed by atoms with Gasteiger partial charge in [0.15, 0.2) is 11.5 Å². The molecule has 2 N–H and O–H groups in total. The number of carbonyl (C=O) groups excluding carboxylic acids is 1. The van der Waals surface area contributed by atoms with E-state index < -0.39 is 0 Å². The first-order valence-corrected chi connectivity index (χ1v) is 6.04. The molecule has 102 valence electrons. The number of nitrogen functional groups attached to an aromatic ring is 1. The van der Waals surface area contributed by atoms with Crippen molar-refractivity contribution in [2.24, 2.45) is 0 Å². The van der Waals surface area contributed by atoms with Crippen LogP contribution >= 0.6 is 0 Å². The number of rotatable bonds is 2. The van der Waals surface area contributed by atoms with E-state index >= 15 is 0 Å². The lowest BCUT2D eigenvalue weighted by Crippen LogP contribution is -2.27. The normalized spacial score (nSPS) is 12.2. The Bertz CT molecular complexity index is 672. The van der Waals surface area contributed by atoms with Gasteiger partial charge < -0.3 is 20.1 Å². The molecule has 0 atom stereocenters. The number of amides is 1. The van der Waals surface area contributed by atoms with Gasteiger partial charge in [-0.1, -0.05) is 0 Å². The Hall–Kier alpha value is -2.76. The van der Waals surface area contributed by atoms with Crippen LogP contribution in [0.25, 0.3) is 0 Å². The van der Waals surface area contributed by atoms with E-state index in [2.05, 4.69) is 4.98 Å². The average molecular weight is 271 g/mol. The molecular weight excluding hydrogens is 258 g/mol. The summed E-state index contributed by atoms with van der Waals surface area (Å²) in [7, 11) is 1.67. The number of nitrogens with two attached hydrogens (primary N) is 1. The zero-order valence-electron chi connectivity index (χ0n) is 10.9. The van der Waals surface area contributed by atoms with Crippen LogP contribution in [0.3, 0.4) is 0 Å². The van der Waals surface area contributed by atoms with Gasteiger partial charge in [0.25, 0.3) is 5.91 Å². The third-order valence-electron chi connectivity index (χ3n) is 3.11. The smallest absolute Gasteiger partial charge is 0.258 e. The third kappa shape index (κ3) is 2.01. The number of ether oxygens (including phenoxy) is 2. The highest BCUT2D eigenvalue weighted by molar-refractivity contribution is 6.07. The number of aromatic nitrogens is 1. The van der Waals surface area contributed by atoms with Gasteiger partial charge in [-0.15, -0.1) is 0 Å². The maximum atomic E-state index is 12.5. The molecule has 0 bridgehead atoms. The van der Waals surface area contributed by atoms with E-state index in [-0.39, 0.29) is 12.7 Å². The lowest BCUT2D eigenvalue weighted by Gasteiger charge is -2.19. The molecule has 0 radical (unpaired) electrons. The first-order chi connectivity index (χ1) is 9.66. The van der Waals surface area contributed by atoms with Crippen LogP contribution in [-0.4, -0.2) is 24.7 Å². The van der Waals surface area contributed by atoms with Crippen molar-refractivity contribution in [1.82, 2.24) is 4.98 Å². The van der Waals surface area contributed by atoms with Gasteiger partial charge in [0, 0.05) is 18.8 Å². The second-order valence-corrected chi connectivity index (χ2v) is 4.37. The Morgan fingerprint density at radius 2 is 2.10 bits per heavy atom. The standard InChI is InChI=1S/C14H13N3O3/c1-17(11-4-5-16-7-10(11)15)14(18)9-2-3-12-13(6-9)20-8-19-12/h2-7H,8,15H2,1H3. The Morgan fingerprint density at radius 1 is 1.30 bits per heavy atom. The summed E-state index contributed by atoms with van der Waals surface area (Å²) < 4.78 is 10.5. The molecule has 0 unspecified atom stereocenters. The summed E-state index contributed by atoms with van der Waals surface area (Å²) in [5.41, 5.74) is 7.40. The third-order valence-corrected chi connectivity index (χ3v) is 3.11. The van der Waals surface area contributed by atoms with Crippen LogP contribution < -0.4 is 20.1 Å². The summed E-state index contributed by atoms with van der Waals surface area (Å²) in [6.45, 7) is 0.181. The summed E-state index contributed by atoms with van der Waals surface area (Å²) in [6, 6.07) is 6.78. The highest BCUT2D eigenvalue weighted by Crippen LogP contribution is 2.33. The van der Waals surface area contributed by atoms with Crippen LogP contribution in [0.1, 0.15) is 10.4 Å². The summed E-state index contributed by atoms with van der Waals surface area (Å²) in [4.78, 5) is 17.8. The molecule has 0 saturated carbocycles. The maximum absolute atomic E-state index is 12.5. The van der Waals surface area contributed by atoms with Crippen LogP contribution in [0.2, 0.25) is 0 Å². The fourth-order valence-electron chi connectivity index (χ4n) is 2.04. The summed E-state index contributed by atoms with van der Waals surface area (Å²) in [6.07, 6.45) is 3.11. The van der Waals surface area contributed by atoms with E-state index in [0.717, 1.165) is 0 Å². The Kier molecular flexibility index (Phi) is 2.90. The molecule has 0 saturated heterocycles. The summed E-state index contributed by atoms with van der Waals surface area (Å²) in [5, 5.41) is 0. The lowest BCUT2D eigenvalue weighted by molar-refractivity contribution is 0.0992. The van der Waals surface area contributed by atoms with Gasteiger partial charge in [-0.3, -0.25) is 9.78 Å². The Balaban J connectivity index is 1.91. The number of carbonyl (C=O) groups is 1. The minimum absolute atomic E-state index is 0.179.